The molecule has 1 aliphatic heterocycles. The normalized spacial score (nSPS) is 15.6. The summed E-state index contributed by atoms with van der Waals surface area (Å²) >= 11 is 1.72. The van der Waals surface area contributed by atoms with Crippen molar-refractivity contribution in [3.05, 3.63) is 46.2 Å². The van der Waals surface area contributed by atoms with Gasteiger partial charge < -0.3 is 19.3 Å². The maximum atomic E-state index is 13.1. The third-order valence-electron chi connectivity index (χ3n) is 5.13. The fourth-order valence-corrected chi connectivity index (χ4v) is 4.54. The maximum absolute atomic E-state index is 13.1. The fourth-order valence-electron chi connectivity index (χ4n) is 3.61. The summed E-state index contributed by atoms with van der Waals surface area (Å²) in [7, 11) is 1.62. The van der Waals surface area contributed by atoms with Crippen molar-refractivity contribution in [3.8, 4) is 11.5 Å². The molecule has 0 fully saturated rings. The van der Waals surface area contributed by atoms with Crippen LogP contribution in [0.2, 0.25) is 0 Å². The van der Waals surface area contributed by atoms with Crippen LogP contribution in [0.1, 0.15) is 36.8 Å². The smallest absolute Gasteiger partial charge is 0.242 e. The first-order valence-electron chi connectivity index (χ1n) is 9.91. The van der Waals surface area contributed by atoms with E-state index in [1.807, 2.05) is 36.1 Å². The molecule has 1 aromatic carbocycles. The van der Waals surface area contributed by atoms with Gasteiger partial charge in [-0.3, -0.25) is 9.59 Å². The Bertz CT molecular complexity index is 851. The van der Waals surface area contributed by atoms with E-state index in [1.54, 1.807) is 23.3 Å². The van der Waals surface area contributed by atoms with E-state index in [0.29, 0.717) is 25.4 Å². The molecule has 2 aromatic rings. The lowest BCUT2D eigenvalue weighted by Gasteiger charge is -2.37. The number of hydrogen-bond acceptors (Lipinski definition) is 5. The van der Waals surface area contributed by atoms with Crippen LogP contribution in [0.3, 0.4) is 0 Å². The minimum atomic E-state index is -0.167. The number of rotatable bonds is 8. The Balaban J connectivity index is 1.76. The van der Waals surface area contributed by atoms with E-state index >= 15 is 0 Å². The van der Waals surface area contributed by atoms with Crippen LogP contribution in [0, 0.1) is 0 Å². The highest BCUT2D eigenvalue weighted by Crippen LogP contribution is 2.34. The van der Waals surface area contributed by atoms with Crippen LogP contribution >= 0.6 is 11.3 Å². The molecule has 2 amide bonds. The molecule has 7 heteroatoms. The molecule has 0 bridgehead atoms. The molecule has 0 radical (unpaired) electrons. The molecule has 1 aromatic heterocycles. The van der Waals surface area contributed by atoms with Crippen molar-refractivity contribution in [2.75, 3.05) is 33.4 Å². The lowest BCUT2D eigenvalue weighted by Crippen LogP contribution is -2.47. The van der Waals surface area contributed by atoms with Gasteiger partial charge in [0.05, 0.1) is 19.7 Å². The number of amides is 2. The average molecular weight is 417 g/mol. The van der Waals surface area contributed by atoms with Gasteiger partial charge in [0.1, 0.15) is 18.1 Å². The van der Waals surface area contributed by atoms with Crippen LogP contribution in [0.5, 0.6) is 11.5 Å². The van der Waals surface area contributed by atoms with Crippen molar-refractivity contribution in [1.82, 2.24) is 9.80 Å². The highest BCUT2D eigenvalue weighted by Gasteiger charge is 2.33. The molecule has 6 nitrogen and oxygen atoms in total. The van der Waals surface area contributed by atoms with Gasteiger partial charge in [-0.1, -0.05) is 13.0 Å². The van der Waals surface area contributed by atoms with Crippen molar-refractivity contribution < 1.29 is 19.1 Å². The van der Waals surface area contributed by atoms with Crippen LogP contribution < -0.4 is 9.47 Å². The second kappa shape index (κ2) is 9.78. The van der Waals surface area contributed by atoms with Crippen LogP contribution in [0.4, 0.5) is 0 Å². The second-order valence-corrected chi connectivity index (χ2v) is 8.08. The molecule has 0 N–H and O–H groups in total. The Labute approximate surface area is 176 Å². The molecular formula is C22H28N2O4S. The van der Waals surface area contributed by atoms with Gasteiger partial charge in [-0.25, -0.2) is 0 Å². The number of carbonyl (C=O) groups is 2. The molecule has 2 heterocycles. The van der Waals surface area contributed by atoms with Gasteiger partial charge in [-0.15, -0.1) is 11.3 Å². The van der Waals surface area contributed by atoms with Gasteiger partial charge >= 0.3 is 0 Å². The van der Waals surface area contributed by atoms with Gasteiger partial charge in [-0.2, -0.15) is 0 Å². The van der Waals surface area contributed by atoms with Gasteiger partial charge in [0.25, 0.3) is 0 Å². The summed E-state index contributed by atoms with van der Waals surface area (Å²) in [5.41, 5.74) is 1.14. The molecule has 0 saturated carbocycles. The summed E-state index contributed by atoms with van der Waals surface area (Å²) in [5, 5.41) is 2.07. The standard InChI is InChI=1S/C22H28N2O4S/c1-4-10-23(16(2)25)14-22(26)24-11-8-21-19(9-12-29-21)20(24)15-28-18-7-5-6-17(13-18)27-3/h5-7,9,12-13,20H,4,8,10-11,14-15H2,1-3H3/t20-/m0/s1. The van der Waals surface area contributed by atoms with Gasteiger partial charge in [0.2, 0.25) is 11.8 Å². The SMILES string of the molecule is CCCN(CC(=O)N1CCc2sccc2[C@@H]1COc1cccc(OC)c1)C(C)=O. The Morgan fingerprint density at radius 3 is 2.79 bits per heavy atom. The molecule has 3 rings (SSSR count). The summed E-state index contributed by atoms with van der Waals surface area (Å²) < 4.78 is 11.3. The van der Waals surface area contributed by atoms with Crippen molar-refractivity contribution in [2.45, 2.75) is 32.7 Å². The van der Waals surface area contributed by atoms with E-state index in [9.17, 15) is 9.59 Å². The number of thiophene rings is 1. The minimum absolute atomic E-state index is 0.0373. The Hall–Kier alpha value is -2.54. The van der Waals surface area contributed by atoms with E-state index in [4.69, 9.17) is 9.47 Å². The summed E-state index contributed by atoms with van der Waals surface area (Å²) in [4.78, 5) is 29.8. The zero-order chi connectivity index (χ0) is 20.8. The van der Waals surface area contributed by atoms with Crippen LogP contribution in [-0.2, 0) is 16.0 Å². The Morgan fingerprint density at radius 2 is 2.07 bits per heavy atom. The molecule has 0 spiro atoms. The predicted molar refractivity (Wildman–Crippen MR) is 114 cm³/mol. The van der Waals surface area contributed by atoms with Crippen LogP contribution in [0.25, 0.3) is 0 Å². The zero-order valence-corrected chi connectivity index (χ0v) is 18.0. The average Bonchev–Trinajstić information content (AvgIpc) is 3.20. The zero-order valence-electron chi connectivity index (χ0n) is 17.2. The molecule has 156 valence electrons. The number of hydrogen-bond donors (Lipinski definition) is 0. The first-order chi connectivity index (χ1) is 14.0. The van der Waals surface area contributed by atoms with Crippen LogP contribution in [0.15, 0.2) is 35.7 Å². The first kappa shape index (κ1) is 21.2. The largest absolute Gasteiger partial charge is 0.497 e. The van der Waals surface area contributed by atoms with E-state index in [2.05, 4.69) is 11.4 Å². The molecule has 0 aliphatic carbocycles. The van der Waals surface area contributed by atoms with Gasteiger partial charge in [0, 0.05) is 31.0 Å². The molecule has 29 heavy (non-hydrogen) atoms. The molecule has 1 atom stereocenters. The van der Waals surface area contributed by atoms with Crippen molar-refractivity contribution >= 4 is 23.2 Å². The molecule has 0 saturated heterocycles. The number of ether oxygens (including phenoxy) is 2. The van der Waals surface area contributed by atoms with Crippen molar-refractivity contribution in [2.24, 2.45) is 0 Å². The summed E-state index contributed by atoms with van der Waals surface area (Å²) in [5.74, 6) is 1.32. The third-order valence-corrected chi connectivity index (χ3v) is 6.13. The van der Waals surface area contributed by atoms with E-state index in [0.717, 1.165) is 24.2 Å². The monoisotopic (exact) mass is 416 g/mol. The van der Waals surface area contributed by atoms with Crippen molar-refractivity contribution in [3.63, 3.8) is 0 Å². The fraction of sp³-hybridized carbons (Fsp3) is 0.455. The number of fused-ring (bicyclic) bond motifs is 1. The van der Waals surface area contributed by atoms with E-state index < -0.39 is 0 Å². The summed E-state index contributed by atoms with van der Waals surface area (Å²) in [6.45, 7) is 5.21. The topological polar surface area (TPSA) is 59.1 Å². The minimum Gasteiger partial charge on any atom is -0.497 e. The van der Waals surface area contributed by atoms with Crippen LogP contribution in [-0.4, -0.2) is 55.0 Å². The highest BCUT2D eigenvalue weighted by atomic mass is 32.1. The van der Waals surface area contributed by atoms with Gasteiger partial charge in [-0.05, 0) is 42.0 Å². The quantitative estimate of drug-likeness (QED) is 0.661. The summed E-state index contributed by atoms with van der Waals surface area (Å²) in [6, 6.07) is 9.37. The maximum Gasteiger partial charge on any atom is 0.242 e. The predicted octanol–water partition coefficient (Wildman–Crippen LogP) is 3.52. The van der Waals surface area contributed by atoms with E-state index in [-0.39, 0.29) is 24.4 Å². The molecular weight excluding hydrogens is 388 g/mol. The van der Waals surface area contributed by atoms with E-state index in [1.165, 1.54) is 11.8 Å². The second-order valence-electron chi connectivity index (χ2n) is 7.08. The molecule has 1 aliphatic rings. The lowest BCUT2D eigenvalue weighted by atomic mass is 10.0. The van der Waals surface area contributed by atoms with Gasteiger partial charge in [0.15, 0.2) is 0 Å². The van der Waals surface area contributed by atoms with Crippen molar-refractivity contribution in [1.29, 1.82) is 0 Å². The first-order valence-corrected chi connectivity index (χ1v) is 10.8. The molecule has 0 unspecified atom stereocenters. The highest BCUT2D eigenvalue weighted by molar-refractivity contribution is 7.10. The number of carbonyl (C=O) groups excluding carboxylic acids is 2. The number of methoxy groups -OCH3 is 1. The summed E-state index contributed by atoms with van der Waals surface area (Å²) in [6.07, 6.45) is 1.66. The third kappa shape index (κ3) is 5.09. The Morgan fingerprint density at radius 1 is 1.28 bits per heavy atom. The lowest BCUT2D eigenvalue weighted by molar-refractivity contribution is -0.141. The number of benzene rings is 1. The Kier molecular flexibility index (Phi) is 7.14. The number of nitrogens with zero attached hydrogens (tertiary/aromatic N) is 2.